The van der Waals surface area contributed by atoms with Crippen molar-refractivity contribution in [1.82, 2.24) is 9.97 Å². The van der Waals surface area contributed by atoms with Crippen molar-refractivity contribution in [3.8, 4) is 56.2 Å². The third-order valence-corrected chi connectivity index (χ3v) is 10.3. The third-order valence-electron chi connectivity index (χ3n) is 10.3. The zero-order valence-corrected chi connectivity index (χ0v) is 30.5. The molecule has 8 aromatic carbocycles. The van der Waals surface area contributed by atoms with E-state index in [1.165, 1.54) is 16.7 Å². The highest BCUT2D eigenvalue weighted by Gasteiger charge is 2.20. The van der Waals surface area contributed by atoms with Crippen molar-refractivity contribution in [2.24, 2.45) is 0 Å². The lowest BCUT2D eigenvalue weighted by Crippen LogP contribution is -2.10. The minimum absolute atomic E-state index is 0.675. The van der Waals surface area contributed by atoms with Crippen LogP contribution in [0.5, 0.6) is 0 Å². The predicted molar refractivity (Wildman–Crippen MR) is 231 cm³/mol. The number of anilines is 3. The van der Waals surface area contributed by atoms with Gasteiger partial charge in [0.25, 0.3) is 0 Å². The van der Waals surface area contributed by atoms with Crippen LogP contribution in [-0.2, 0) is 0 Å². The highest BCUT2D eigenvalue weighted by Crippen LogP contribution is 2.43. The van der Waals surface area contributed by atoms with E-state index < -0.39 is 0 Å². The number of benzene rings is 8. The molecule has 2 heterocycles. The number of para-hydroxylation sites is 2. The molecule has 264 valence electrons. The van der Waals surface area contributed by atoms with E-state index in [0.29, 0.717) is 5.82 Å². The van der Waals surface area contributed by atoms with Gasteiger partial charge in [-0.2, -0.15) is 0 Å². The van der Waals surface area contributed by atoms with E-state index in [1.54, 1.807) is 0 Å². The maximum Gasteiger partial charge on any atom is 0.160 e. The molecule has 0 aliphatic heterocycles. The molecule has 0 fully saturated rings. The van der Waals surface area contributed by atoms with Gasteiger partial charge < -0.3 is 9.32 Å². The monoisotopic (exact) mass is 717 g/mol. The Balaban J connectivity index is 1.07. The van der Waals surface area contributed by atoms with Crippen LogP contribution in [0.1, 0.15) is 0 Å². The number of furan rings is 1. The van der Waals surface area contributed by atoms with E-state index in [9.17, 15) is 0 Å². The molecule has 0 bridgehead atoms. The van der Waals surface area contributed by atoms with Crippen LogP contribution in [0, 0.1) is 0 Å². The molecular formula is C52H35N3O. The van der Waals surface area contributed by atoms with Crippen molar-refractivity contribution in [3.05, 3.63) is 212 Å². The molecular weight excluding hydrogens is 683 g/mol. The standard InChI is InChI=1S/C52H35N3O/c1-5-14-36(15-6-1)38-24-26-40(27-25-38)47-35-48(54-52(53-47)41-18-9-3-10-19-41)42-30-33-45-46-22-13-23-49(51(46)56-50(45)34-42)55(43-20-11-4-12-21-43)44-31-28-39(29-32-44)37-16-7-2-8-17-37/h1-35H. The first-order valence-electron chi connectivity index (χ1n) is 18.8. The average molecular weight is 718 g/mol. The van der Waals surface area contributed by atoms with Crippen molar-refractivity contribution in [1.29, 1.82) is 0 Å². The second-order valence-corrected chi connectivity index (χ2v) is 13.8. The van der Waals surface area contributed by atoms with E-state index >= 15 is 0 Å². The Labute approximate surface area is 325 Å². The smallest absolute Gasteiger partial charge is 0.160 e. The Morgan fingerprint density at radius 2 is 0.821 bits per heavy atom. The number of hydrogen-bond acceptors (Lipinski definition) is 4. The molecule has 0 atom stereocenters. The molecule has 10 rings (SSSR count). The number of fused-ring (bicyclic) bond motifs is 3. The highest BCUT2D eigenvalue weighted by molar-refractivity contribution is 6.11. The zero-order valence-electron chi connectivity index (χ0n) is 30.5. The summed E-state index contributed by atoms with van der Waals surface area (Å²) in [6.07, 6.45) is 0. The summed E-state index contributed by atoms with van der Waals surface area (Å²) in [6, 6.07) is 73.7. The molecule has 0 aliphatic carbocycles. The summed E-state index contributed by atoms with van der Waals surface area (Å²) in [4.78, 5) is 12.5. The first-order valence-corrected chi connectivity index (χ1v) is 18.8. The molecule has 0 aliphatic rings. The van der Waals surface area contributed by atoms with Crippen LogP contribution in [0.25, 0.3) is 78.1 Å². The lowest BCUT2D eigenvalue weighted by atomic mass is 10.0. The summed E-state index contributed by atoms with van der Waals surface area (Å²) in [6.45, 7) is 0. The van der Waals surface area contributed by atoms with Crippen LogP contribution in [0.15, 0.2) is 217 Å². The number of hydrogen-bond donors (Lipinski definition) is 0. The van der Waals surface area contributed by atoms with Crippen molar-refractivity contribution < 1.29 is 4.42 Å². The van der Waals surface area contributed by atoms with E-state index in [-0.39, 0.29) is 0 Å². The summed E-state index contributed by atoms with van der Waals surface area (Å²) in [5.41, 5.74) is 14.0. The maximum absolute atomic E-state index is 6.86. The summed E-state index contributed by atoms with van der Waals surface area (Å²) in [7, 11) is 0. The molecule has 0 amide bonds. The topological polar surface area (TPSA) is 42.2 Å². The summed E-state index contributed by atoms with van der Waals surface area (Å²) in [5.74, 6) is 0.675. The van der Waals surface area contributed by atoms with E-state index in [1.807, 2.05) is 36.4 Å². The van der Waals surface area contributed by atoms with Gasteiger partial charge in [-0.25, -0.2) is 9.97 Å². The van der Waals surface area contributed by atoms with Gasteiger partial charge in [-0.1, -0.05) is 164 Å². The molecule has 10 aromatic rings. The second kappa shape index (κ2) is 14.3. The summed E-state index contributed by atoms with van der Waals surface area (Å²) >= 11 is 0. The minimum atomic E-state index is 0.675. The van der Waals surface area contributed by atoms with Crippen LogP contribution in [-0.4, -0.2) is 9.97 Å². The van der Waals surface area contributed by atoms with Gasteiger partial charge in [-0.15, -0.1) is 0 Å². The molecule has 0 radical (unpaired) electrons. The lowest BCUT2D eigenvalue weighted by Gasteiger charge is -2.25. The Bertz CT molecular complexity index is 2920. The Morgan fingerprint density at radius 3 is 1.45 bits per heavy atom. The summed E-state index contributed by atoms with van der Waals surface area (Å²) < 4.78 is 6.86. The van der Waals surface area contributed by atoms with Gasteiger partial charge in [0.15, 0.2) is 11.4 Å². The molecule has 0 N–H and O–H groups in total. The number of aromatic nitrogens is 2. The van der Waals surface area contributed by atoms with Crippen molar-refractivity contribution in [3.63, 3.8) is 0 Å². The van der Waals surface area contributed by atoms with Gasteiger partial charge in [0, 0.05) is 38.8 Å². The molecule has 0 spiro atoms. The predicted octanol–water partition coefficient (Wildman–Crippen LogP) is 14.2. The van der Waals surface area contributed by atoms with E-state index in [0.717, 1.165) is 72.6 Å². The van der Waals surface area contributed by atoms with Crippen LogP contribution in [0.4, 0.5) is 17.1 Å². The van der Waals surface area contributed by atoms with Crippen molar-refractivity contribution in [2.75, 3.05) is 4.90 Å². The highest BCUT2D eigenvalue weighted by atomic mass is 16.3. The van der Waals surface area contributed by atoms with Crippen LogP contribution in [0.3, 0.4) is 0 Å². The fourth-order valence-corrected chi connectivity index (χ4v) is 7.48. The van der Waals surface area contributed by atoms with Crippen LogP contribution >= 0.6 is 0 Å². The van der Waals surface area contributed by atoms with Gasteiger partial charge in [0.2, 0.25) is 0 Å². The molecule has 0 saturated heterocycles. The average Bonchev–Trinajstić information content (AvgIpc) is 3.67. The van der Waals surface area contributed by atoms with Gasteiger partial charge in [0.1, 0.15) is 5.58 Å². The minimum Gasteiger partial charge on any atom is -0.454 e. The number of rotatable bonds is 8. The normalized spacial score (nSPS) is 11.2. The largest absolute Gasteiger partial charge is 0.454 e. The first-order chi connectivity index (χ1) is 27.7. The molecule has 56 heavy (non-hydrogen) atoms. The Morgan fingerprint density at radius 1 is 0.339 bits per heavy atom. The summed E-state index contributed by atoms with van der Waals surface area (Å²) in [5, 5.41) is 2.10. The van der Waals surface area contributed by atoms with Gasteiger partial charge in [0.05, 0.1) is 17.1 Å². The molecule has 0 unspecified atom stereocenters. The third kappa shape index (κ3) is 6.29. The molecule has 0 saturated carbocycles. The first kappa shape index (κ1) is 33.0. The van der Waals surface area contributed by atoms with Gasteiger partial charge in [-0.05, 0) is 70.8 Å². The maximum atomic E-state index is 6.86. The number of nitrogens with zero attached hydrogens (tertiary/aromatic N) is 3. The van der Waals surface area contributed by atoms with Crippen LogP contribution in [0.2, 0.25) is 0 Å². The van der Waals surface area contributed by atoms with Gasteiger partial charge >= 0.3 is 0 Å². The molecule has 2 aromatic heterocycles. The van der Waals surface area contributed by atoms with Gasteiger partial charge in [-0.3, -0.25) is 0 Å². The fourth-order valence-electron chi connectivity index (χ4n) is 7.48. The SMILES string of the molecule is c1ccc(-c2ccc(-c3cc(-c4ccc5c(c4)oc4c(N(c6ccccc6)c6ccc(-c7ccccc7)cc6)cccc45)nc(-c4ccccc4)n3)cc2)cc1. The van der Waals surface area contributed by atoms with Crippen molar-refractivity contribution in [2.45, 2.75) is 0 Å². The molecule has 4 heteroatoms. The quantitative estimate of drug-likeness (QED) is 0.157. The van der Waals surface area contributed by atoms with E-state index in [2.05, 4.69) is 181 Å². The van der Waals surface area contributed by atoms with Crippen molar-refractivity contribution >= 4 is 39.0 Å². The zero-order chi connectivity index (χ0) is 37.3. The molecule has 4 nitrogen and oxygen atoms in total. The fraction of sp³-hybridized carbons (Fsp3) is 0. The van der Waals surface area contributed by atoms with Crippen LogP contribution < -0.4 is 4.90 Å². The Hall–Kier alpha value is -7.56. The Kier molecular flexibility index (Phi) is 8.47. The lowest BCUT2D eigenvalue weighted by molar-refractivity contribution is 0.669. The van der Waals surface area contributed by atoms with E-state index in [4.69, 9.17) is 14.4 Å². The second-order valence-electron chi connectivity index (χ2n) is 13.8.